The van der Waals surface area contributed by atoms with E-state index >= 15 is 0 Å². The van der Waals surface area contributed by atoms with E-state index in [9.17, 15) is 22.8 Å². The van der Waals surface area contributed by atoms with Crippen LogP contribution in [-0.2, 0) is 22.3 Å². The maximum Gasteiger partial charge on any atom is 0.416 e. The third-order valence-corrected chi connectivity index (χ3v) is 4.57. The average molecular weight is 444 g/mol. The van der Waals surface area contributed by atoms with Crippen molar-refractivity contribution in [1.82, 2.24) is 10.2 Å². The molecule has 0 radical (unpaired) electrons. The summed E-state index contributed by atoms with van der Waals surface area (Å²) in [6.45, 7) is 9.43. The number of piperidine rings is 1. The molecule has 0 aliphatic carbocycles. The highest BCUT2D eigenvalue weighted by molar-refractivity contribution is 5.89. The second-order valence-corrected chi connectivity index (χ2v) is 8.61. The second kappa shape index (κ2) is 11.9. The summed E-state index contributed by atoms with van der Waals surface area (Å²) in [5, 5.41) is 18.9. The number of halogens is 3. The number of hydrogen-bond donors (Lipinski definition) is 3. The van der Waals surface area contributed by atoms with Gasteiger partial charge in [0.05, 0.1) is 5.56 Å². The molecule has 1 saturated heterocycles. The van der Waals surface area contributed by atoms with Crippen LogP contribution in [0.3, 0.4) is 0 Å². The van der Waals surface area contributed by atoms with E-state index in [2.05, 4.69) is 31.0 Å². The van der Waals surface area contributed by atoms with Crippen LogP contribution in [0.5, 0.6) is 0 Å². The Morgan fingerprint density at radius 2 is 1.58 bits per heavy atom. The van der Waals surface area contributed by atoms with Gasteiger partial charge in [-0.05, 0) is 43.0 Å². The van der Waals surface area contributed by atoms with Crippen molar-refractivity contribution < 1.29 is 33.0 Å². The molecule has 0 bridgehead atoms. The van der Waals surface area contributed by atoms with E-state index in [0.717, 1.165) is 32.5 Å². The molecule has 1 aliphatic rings. The number of carbonyl (C=O) groups is 2. The summed E-state index contributed by atoms with van der Waals surface area (Å²) in [4.78, 5) is 21.3. The van der Waals surface area contributed by atoms with Gasteiger partial charge in [-0.3, -0.25) is 4.90 Å². The highest BCUT2D eigenvalue weighted by atomic mass is 19.4. The second-order valence-electron chi connectivity index (χ2n) is 8.61. The lowest BCUT2D eigenvalue weighted by atomic mass is 9.92. The van der Waals surface area contributed by atoms with Crippen molar-refractivity contribution in [2.75, 3.05) is 19.6 Å². The lowest BCUT2D eigenvalue weighted by molar-refractivity contribution is -0.138. The number of carboxylic acids is 2. The van der Waals surface area contributed by atoms with E-state index in [4.69, 9.17) is 10.2 Å². The van der Waals surface area contributed by atoms with Crippen molar-refractivity contribution in [1.29, 1.82) is 0 Å². The molecule has 1 aromatic carbocycles. The highest BCUT2D eigenvalue weighted by Crippen LogP contribution is 2.33. The molecule has 0 saturated carbocycles. The van der Waals surface area contributed by atoms with Gasteiger partial charge in [-0.25, -0.2) is 9.59 Å². The molecule has 0 unspecified atom stereocenters. The summed E-state index contributed by atoms with van der Waals surface area (Å²) in [5.74, 6) is -2.51. The average Bonchev–Trinajstić information content (AvgIpc) is 2.66. The summed E-state index contributed by atoms with van der Waals surface area (Å²) in [6, 6.07) is 6.30. The standard InChI is InChI=1S/C18H27F3N2.C4H4O4/c1-17(2,3)13-23(15-8-10-22-11-9-15)12-14-6-4-5-7-16(14)18(19,20)21;5-3(6)1-2-4(7)8/h4-7,15,22H,8-13H2,1-3H3;1-2H,(H,5,6)(H,7,8)/b;2-1+. The van der Waals surface area contributed by atoms with E-state index in [1.807, 2.05) is 0 Å². The zero-order valence-electron chi connectivity index (χ0n) is 18.1. The molecule has 6 nitrogen and oxygen atoms in total. The Morgan fingerprint density at radius 3 is 2.03 bits per heavy atom. The first-order chi connectivity index (χ1) is 14.3. The van der Waals surface area contributed by atoms with Gasteiger partial charge in [0, 0.05) is 31.3 Å². The van der Waals surface area contributed by atoms with E-state index in [-0.39, 0.29) is 5.41 Å². The summed E-state index contributed by atoms with van der Waals surface area (Å²) < 4.78 is 39.8. The molecule has 1 heterocycles. The van der Waals surface area contributed by atoms with E-state index in [0.29, 0.717) is 30.3 Å². The fourth-order valence-electron chi connectivity index (χ4n) is 3.39. The molecule has 0 aromatic heterocycles. The van der Waals surface area contributed by atoms with Crippen LogP contribution in [0.25, 0.3) is 0 Å². The fraction of sp³-hybridized carbons (Fsp3) is 0.545. The molecule has 2 rings (SSSR count). The molecule has 0 spiro atoms. The van der Waals surface area contributed by atoms with E-state index < -0.39 is 23.7 Å². The first-order valence-electron chi connectivity index (χ1n) is 10.0. The van der Waals surface area contributed by atoms with Gasteiger partial charge in [-0.15, -0.1) is 0 Å². The molecular weight excluding hydrogens is 413 g/mol. The van der Waals surface area contributed by atoms with Crippen LogP contribution in [0, 0.1) is 5.41 Å². The van der Waals surface area contributed by atoms with Crippen LogP contribution in [-0.4, -0.2) is 52.7 Å². The van der Waals surface area contributed by atoms with Crippen molar-refractivity contribution in [3.05, 3.63) is 47.5 Å². The lowest BCUT2D eigenvalue weighted by Gasteiger charge is -2.39. The molecule has 31 heavy (non-hydrogen) atoms. The van der Waals surface area contributed by atoms with Crippen LogP contribution in [0.4, 0.5) is 13.2 Å². The Kier molecular flexibility index (Phi) is 10.2. The summed E-state index contributed by atoms with van der Waals surface area (Å²) in [7, 11) is 0. The molecule has 0 atom stereocenters. The maximum atomic E-state index is 13.3. The van der Waals surface area contributed by atoms with Gasteiger partial charge >= 0.3 is 18.1 Å². The molecule has 0 amide bonds. The number of hydrogen-bond acceptors (Lipinski definition) is 4. The number of nitrogens with one attached hydrogen (secondary N) is 1. The Balaban J connectivity index is 0.000000512. The minimum absolute atomic E-state index is 0.0536. The smallest absolute Gasteiger partial charge is 0.416 e. The van der Waals surface area contributed by atoms with Crippen molar-refractivity contribution in [3.63, 3.8) is 0 Å². The third kappa shape index (κ3) is 11.0. The number of alkyl halides is 3. The highest BCUT2D eigenvalue weighted by Gasteiger charge is 2.34. The molecule has 1 aliphatic heterocycles. The van der Waals surface area contributed by atoms with Gasteiger partial charge in [0.25, 0.3) is 0 Å². The van der Waals surface area contributed by atoms with Gasteiger partial charge in [-0.2, -0.15) is 13.2 Å². The van der Waals surface area contributed by atoms with Gasteiger partial charge in [0.1, 0.15) is 0 Å². The van der Waals surface area contributed by atoms with Gasteiger partial charge in [0.2, 0.25) is 0 Å². The summed E-state index contributed by atoms with van der Waals surface area (Å²) >= 11 is 0. The Labute approximate surface area is 180 Å². The molecule has 1 aromatic rings. The Hall–Kier alpha value is -2.39. The lowest BCUT2D eigenvalue weighted by Crippen LogP contribution is -2.46. The predicted molar refractivity (Wildman–Crippen MR) is 112 cm³/mol. The Bertz CT molecular complexity index is 736. The largest absolute Gasteiger partial charge is 0.478 e. The van der Waals surface area contributed by atoms with Crippen LogP contribution in [0.2, 0.25) is 0 Å². The van der Waals surface area contributed by atoms with Crippen LogP contribution < -0.4 is 5.32 Å². The predicted octanol–water partition coefficient (Wildman–Crippen LogP) is 4.02. The molecular formula is C22H31F3N2O4. The van der Waals surface area contributed by atoms with Crippen molar-refractivity contribution >= 4 is 11.9 Å². The molecule has 9 heteroatoms. The van der Waals surface area contributed by atoms with Gasteiger partial charge < -0.3 is 15.5 Å². The van der Waals surface area contributed by atoms with Crippen molar-refractivity contribution in [2.45, 2.75) is 52.4 Å². The molecule has 3 N–H and O–H groups in total. The van der Waals surface area contributed by atoms with Gasteiger partial charge in [-0.1, -0.05) is 39.0 Å². The number of rotatable bonds is 6. The Morgan fingerprint density at radius 1 is 1.06 bits per heavy atom. The summed E-state index contributed by atoms with van der Waals surface area (Å²) in [6.07, 6.45) is -1.20. The number of aliphatic carboxylic acids is 2. The third-order valence-electron chi connectivity index (χ3n) is 4.57. The maximum absolute atomic E-state index is 13.3. The number of carboxylic acid groups (broad SMARTS) is 2. The van der Waals surface area contributed by atoms with Crippen LogP contribution >= 0.6 is 0 Å². The molecule has 1 fully saturated rings. The monoisotopic (exact) mass is 444 g/mol. The quantitative estimate of drug-likeness (QED) is 0.575. The first-order valence-corrected chi connectivity index (χ1v) is 10.0. The van der Waals surface area contributed by atoms with Crippen LogP contribution in [0.15, 0.2) is 36.4 Å². The molecule has 174 valence electrons. The van der Waals surface area contributed by atoms with Crippen molar-refractivity contribution in [2.24, 2.45) is 5.41 Å². The van der Waals surface area contributed by atoms with Crippen LogP contribution in [0.1, 0.15) is 44.7 Å². The van der Waals surface area contributed by atoms with E-state index in [1.165, 1.54) is 12.1 Å². The minimum atomic E-state index is -4.29. The van der Waals surface area contributed by atoms with Gasteiger partial charge in [0.15, 0.2) is 0 Å². The summed E-state index contributed by atoms with van der Waals surface area (Å²) in [5.41, 5.74) is -0.0754. The number of nitrogens with zero attached hydrogens (tertiary/aromatic N) is 1. The zero-order valence-corrected chi connectivity index (χ0v) is 18.1. The zero-order chi connectivity index (χ0) is 23.7. The van der Waals surface area contributed by atoms with E-state index in [1.54, 1.807) is 12.1 Å². The SMILES string of the molecule is CC(C)(C)CN(Cc1ccccc1C(F)(F)F)C1CCNCC1.O=C(O)/C=C/C(=O)O. The normalized spacial score (nSPS) is 15.6. The number of benzene rings is 1. The first kappa shape index (κ1) is 26.6. The topological polar surface area (TPSA) is 89.9 Å². The fourth-order valence-corrected chi connectivity index (χ4v) is 3.39. The minimum Gasteiger partial charge on any atom is -0.478 e. The van der Waals surface area contributed by atoms with Crippen molar-refractivity contribution in [3.8, 4) is 0 Å².